The minimum absolute atomic E-state index is 0.00594. The molecule has 1 aromatic carbocycles. The normalized spacial score (nSPS) is 13.1. The van der Waals surface area contributed by atoms with Gasteiger partial charge in [0.1, 0.15) is 16.4 Å². The molecule has 1 atom stereocenters. The van der Waals surface area contributed by atoms with E-state index in [2.05, 4.69) is 10.2 Å². The molecule has 148 valence electrons. The van der Waals surface area contributed by atoms with Gasteiger partial charge in [-0.05, 0) is 18.6 Å². The van der Waals surface area contributed by atoms with Crippen molar-refractivity contribution < 1.29 is 27.3 Å². The molecule has 11 heteroatoms. The smallest absolute Gasteiger partial charge is 0.298 e. The van der Waals surface area contributed by atoms with E-state index < -0.39 is 26.8 Å². The van der Waals surface area contributed by atoms with Gasteiger partial charge in [0.25, 0.3) is 10.1 Å². The summed E-state index contributed by atoms with van der Waals surface area (Å²) in [5.74, 6) is -0.284. The molecule has 0 fully saturated rings. The van der Waals surface area contributed by atoms with E-state index in [1.54, 1.807) is 0 Å². The molecule has 0 amide bonds. The van der Waals surface area contributed by atoms with Crippen LogP contribution < -0.4 is 5.73 Å². The predicted octanol–water partition coefficient (Wildman–Crippen LogP) is 2.39. The van der Waals surface area contributed by atoms with Gasteiger partial charge in [0, 0.05) is 29.3 Å². The van der Waals surface area contributed by atoms with Crippen molar-refractivity contribution in [3.8, 4) is 5.75 Å². The highest BCUT2D eigenvalue weighted by atomic mass is 35.5. The quantitative estimate of drug-likeness (QED) is 0.548. The Morgan fingerprint density at radius 2 is 1.93 bits per heavy atom. The minimum atomic E-state index is -4.67. The summed E-state index contributed by atoms with van der Waals surface area (Å²) in [4.78, 5) is 11.4. The Hall–Kier alpha value is -2.01. The van der Waals surface area contributed by atoms with Crippen LogP contribution in [0.25, 0.3) is 0 Å². The summed E-state index contributed by atoms with van der Waals surface area (Å²) >= 11 is 5.80. The zero-order valence-electron chi connectivity index (χ0n) is 14.7. The molecule has 1 aromatic heterocycles. The number of phenols is 1. The summed E-state index contributed by atoms with van der Waals surface area (Å²) in [5.41, 5.74) is 5.95. The summed E-state index contributed by atoms with van der Waals surface area (Å²) in [7, 11) is -4.67. The molecule has 27 heavy (non-hydrogen) atoms. The predicted molar refractivity (Wildman–Crippen MR) is 96.2 cm³/mol. The Labute approximate surface area is 161 Å². The van der Waals surface area contributed by atoms with Gasteiger partial charge in [-0.25, -0.2) is 0 Å². The maximum absolute atomic E-state index is 12.2. The summed E-state index contributed by atoms with van der Waals surface area (Å²) in [6.07, 6.45) is -0.0124. The number of benzene rings is 1. The molecule has 0 saturated carbocycles. The number of halogens is 1. The number of hydrogen-bond acceptors (Lipinski definition) is 8. The first-order chi connectivity index (χ1) is 12.5. The van der Waals surface area contributed by atoms with E-state index in [0.29, 0.717) is 5.89 Å². The van der Waals surface area contributed by atoms with Gasteiger partial charge in [-0.1, -0.05) is 25.4 Å². The van der Waals surface area contributed by atoms with E-state index in [1.165, 1.54) is 6.07 Å². The van der Waals surface area contributed by atoms with Crippen LogP contribution in [0, 0.1) is 0 Å². The largest absolute Gasteiger partial charge is 0.506 e. The Kier molecular flexibility index (Phi) is 6.58. The topological polar surface area (TPSA) is 157 Å². The average Bonchev–Trinajstić information content (AvgIpc) is 3.05. The number of aromatic nitrogens is 2. The van der Waals surface area contributed by atoms with Gasteiger partial charge >= 0.3 is 0 Å². The van der Waals surface area contributed by atoms with Crippen LogP contribution in [0.15, 0.2) is 21.4 Å². The maximum Gasteiger partial charge on any atom is 0.298 e. The lowest BCUT2D eigenvalue weighted by Gasteiger charge is -2.10. The molecule has 2 aromatic rings. The molecule has 0 spiro atoms. The molecule has 0 aliphatic rings. The number of nitrogens with two attached hydrogens (primary N) is 1. The van der Waals surface area contributed by atoms with Crippen molar-refractivity contribution in [3.05, 3.63) is 34.5 Å². The summed E-state index contributed by atoms with van der Waals surface area (Å²) in [5, 5.41) is 17.7. The van der Waals surface area contributed by atoms with Gasteiger partial charge in [0.05, 0.1) is 6.04 Å². The fourth-order valence-electron chi connectivity index (χ4n) is 2.33. The molecule has 0 aliphatic carbocycles. The lowest BCUT2D eigenvalue weighted by atomic mass is 10.0. The Morgan fingerprint density at radius 1 is 1.30 bits per heavy atom. The molecule has 4 N–H and O–H groups in total. The summed E-state index contributed by atoms with van der Waals surface area (Å²) in [6.45, 7) is 3.79. The van der Waals surface area contributed by atoms with Gasteiger partial charge in [-0.2, -0.15) is 8.42 Å². The van der Waals surface area contributed by atoms with Crippen LogP contribution >= 0.6 is 11.6 Å². The number of Topliss-reactive ketones (excluding diaryl/α,β-unsaturated/α-hetero) is 1. The van der Waals surface area contributed by atoms with Crippen molar-refractivity contribution in [2.24, 2.45) is 5.73 Å². The van der Waals surface area contributed by atoms with Gasteiger partial charge < -0.3 is 15.3 Å². The van der Waals surface area contributed by atoms with Gasteiger partial charge in [-0.15, -0.1) is 10.2 Å². The molecule has 0 aliphatic heterocycles. The van der Waals surface area contributed by atoms with E-state index in [0.717, 1.165) is 6.07 Å². The highest BCUT2D eigenvalue weighted by molar-refractivity contribution is 7.86. The van der Waals surface area contributed by atoms with E-state index in [9.17, 15) is 18.3 Å². The summed E-state index contributed by atoms with van der Waals surface area (Å²) < 4.78 is 37.1. The van der Waals surface area contributed by atoms with E-state index >= 15 is 0 Å². The number of ketones is 1. The molecule has 1 heterocycles. The third-order valence-electron chi connectivity index (χ3n) is 3.79. The molecule has 0 unspecified atom stereocenters. The van der Waals surface area contributed by atoms with Crippen LogP contribution in [0.2, 0.25) is 5.02 Å². The monoisotopic (exact) mass is 417 g/mol. The Morgan fingerprint density at radius 3 is 2.48 bits per heavy atom. The molecule has 0 saturated heterocycles. The lowest BCUT2D eigenvalue weighted by molar-refractivity contribution is -0.118. The number of phenolic OH excluding ortho intramolecular Hbond substituents is 1. The molecule has 2 rings (SSSR count). The second-order valence-electron chi connectivity index (χ2n) is 6.38. The Balaban J connectivity index is 2.04. The number of nitrogens with zero attached hydrogens (tertiary/aromatic N) is 2. The van der Waals surface area contributed by atoms with Crippen molar-refractivity contribution in [2.75, 3.05) is 0 Å². The standard InChI is InChI=1S/C16H20ClN3O6S/c1-8(2)15-19-20-16(26-15)12(18)4-3-11(21)6-9-5-10(17)7-13(14(9)22)27(23,24)25/h5,7-8,12,22H,3-4,6,18H2,1-2H3,(H,23,24,25)/t12-/m0/s1. The third-order valence-corrected chi connectivity index (χ3v) is 4.87. The SMILES string of the molecule is CC(C)c1nnc([C@@H](N)CCC(=O)Cc2cc(Cl)cc(S(=O)(=O)O)c2O)o1. The van der Waals surface area contributed by atoms with Crippen molar-refractivity contribution >= 4 is 27.5 Å². The van der Waals surface area contributed by atoms with Crippen molar-refractivity contribution in [3.63, 3.8) is 0 Å². The second-order valence-corrected chi connectivity index (χ2v) is 8.21. The van der Waals surface area contributed by atoms with Crippen molar-refractivity contribution in [1.82, 2.24) is 10.2 Å². The highest BCUT2D eigenvalue weighted by Gasteiger charge is 2.22. The maximum atomic E-state index is 12.2. The average molecular weight is 418 g/mol. The third kappa shape index (κ3) is 5.48. The van der Waals surface area contributed by atoms with Crippen molar-refractivity contribution in [2.45, 2.75) is 50.0 Å². The second kappa shape index (κ2) is 8.34. The number of carbonyl (C=O) groups is 1. The van der Waals surface area contributed by atoms with Gasteiger partial charge in [-0.3, -0.25) is 9.35 Å². The van der Waals surface area contributed by atoms with E-state index in [-0.39, 0.29) is 47.4 Å². The fourth-order valence-corrected chi connectivity index (χ4v) is 3.29. The van der Waals surface area contributed by atoms with Crippen LogP contribution in [0.4, 0.5) is 0 Å². The molecule has 0 bridgehead atoms. The fraction of sp³-hybridized carbons (Fsp3) is 0.438. The molecular weight excluding hydrogens is 398 g/mol. The van der Waals surface area contributed by atoms with Crippen LogP contribution in [-0.4, -0.2) is 34.1 Å². The molecule has 9 nitrogen and oxygen atoms in total. The Bertz CT molecular complexity index is 942. The first kappa shape index (κ1) is 21.3. The number of carbonyl (C=O) groups excluding carboxylic acids is 1. The molecule has 0 radical (unpaired) electrons. The summed E-state index contributed by atoms with van der Waals surface area (Å²) in [6, 6.07) is 1.53. The lowest BCUT2D eigenvalue weighted by Crippen LogP contribution is -2.14. The van der Waals surface area contributed by atoms with Crippen LogP contribution in [0.1, 0.15) is 56.0 Å². The van der Waals surface area contributed by atoms with Crippen LogP contribution in [0.3, 0.4) is 0 Å². The van der Waals surface area contributed by atoms with Crippen LogP contribution in [0.5, 0.6) is 5.75 Å². The molecular formula is C16H20ClN3O6S. The zero-order chi connectivity index (χ0) is 20.4. The highest BCUT2D eigenvalue weighted by Crippen LogP contribution is 2.31. The first-order valence-corrected chi connectivity index (χ1v) is 9.90. The minimum Gasteiger partial charge on any atom is -0.506 e. The van der Waals surface area contributed by atoms with Crippen molar-refractivity contribution in [1.29, 1.82) is 0 Å². The van der Waals surface area contributed by atoms with Gasteiger partial charge in [0.15, 0.2) is 0 Å². The van der Waals surface area contributed by atoms with E-state index in [4.69, 9.17) is 26.3 Å². The van der Waals surface area contributed by atoms with Crippen LogP contribution in [-0.2, 0) is 21.3 Å². The van der Waals surface area contributed by atoms with E-state index in [1.807, 2.05) is 13.8 Å². The first-order valence-electron chi connectivity index (χ1n) is 8.08. The number of rotatable bonds is 8. The number of aromatic hydroxyl groups is 1. The number of hydrogen-bond donors (Lipinski definition) is 3. The zero-order valence-corrected chi connectivity index (χ0v) is 16.3. The van der Waals surface area contributed by atoms with Gasteiger partial charge in [0.2, 0.25) is 11.8 Å².